The van der Waals surface area contributed by atoms with Gasteiger partial charge < -0.3 is 0 Å². The fraction of sp³-hybridized carbons (Fsp3) is 0.700. The van der Waals surface area contributed by atoms with Crippen LogP contribution in [0.3, 0.4) is 0 Å². The van der Waals surface area contributed by atoms with Crippen molar-refractivity contribution in [1.82, 2.24) is 9.78 Å². The SMILES string of the molecule is CCS(=O)(=O)Nc1ccnn1[C@@H](C)C1CC1. The molecule has 1 N–H and O–H groups in total. The third-order valence-electron chi connectivity index (χ3n) is 3.00. The van der Waals surface area contributed by atoms with Gasteiger partial charge in [-0.2, -0.15) is 5.10 Å². The summed E-state index contributed by atoms with van der Waals surface area (Å²) in [6.07, 6.45) is 4.05. The van der Waals surface area contributed by atoms with Crippen LogP contribution >= 0.6 is 0 Å². The van der Waals surface area contributed by atoms with E-state index in [0.29, 0.717) is 11.7 Å². The Balaban J connectivity index is 2.18. The highest BCUT2D eigenvalue weighted by atomic mass is 32.2. The van der Waals surface area contributed by atoms with Gasteiger partial charge in [0.1, 0.15) is 5.82 Å². The largest absolute Gasteiger partial charge is 0.268 e. The van der Waals surface area contributed by atoms with Gasteiger partial charge in [-0.1, -0.05) is 0 Å². The van der Waals surface area contributed by atoms with Crippen LogP contribution < -0.4 is 4.72 Å². The van der Waals surface area contributed by atoms with Crippen molar-refractivity contribution >= 4 is 15.8 Å². The summed E-state index contributed by atoms with van der Waals surface area (Å²) in [4.78, 5) is 0. The molecule has 0 spiro atoms. The molecule has 1 fully saturated rings. The number of rotatable bonds is 5. The molecule has 2 rings (SSSR count). The van der Waals surface area contributed by atoms with Crippen molar-refractivity contribution in [3.63, 3.8) is 0 Å². The Kier molecular flexibility index (Phi) is 2.92. The van der Waals surface area contributed by atoms with Gasteiger partial charge >= 0.3 is 0 Å². The molecular formula is C10H17N3O2S. The van der Waals surface area contributed by atoms with Gasteiger partial charge in [0.05, 0.1) is 18.0 Å². The number of nitrogens with zero attached hydrogens (tertiary/aromatic N) is 2. The Morgan fingerprint density at radius 3 is 2.88 bits per heavy atom. The van der Waals surface area contributed by atoms with Gasteiger partial charge in [-0.25, -0.2) is 13.1 Å². The number of anilines is 1. The molecule has 0 radical (unpaired) electrons. The van der Waals surface area contributed by atoms with Crippen molar-refractivity contribution in [3.05, 3.63) is 12.3 Å². The fourth-order valence-electron chi connectivity index (χ4n) is 1.73. The summed E-state index contributed by atoms with van der Waals surface area (Å²) in [5, 5.41) is 4.19. The summed E-state index contributed by atoms with van der Waals surface area (Å²) in [5.41, 5.74) is 0. The molecule has 0 unspecified atom stereocenters. The van der Waals surface area contributed by atoms with Crippen molar-refractivity contribution in [2.75, 3.05) is 10.5 Å². The Bertz CT molecular complexity index is 462. The van der Waals surface area contributed by atoms with Crippen LogP contribution in [0.1, 0.15) is 32.7 Å². The Hall–Kier alpha value is -1.04. The van der Waals surface area contributed by atoms with E-state index in [1.165, 1.54) is 12.8 Å². The van der Waals surface area contributed by atoms with E-state index in [-0.39, 0.29) is 11.8 Å². The fourth-order valence-corrected chi connectivity index (χ4v) is 2.35. The first kappa shape index (κ1) is 11.4. The number of nitrogens with one attached hydrogen (secondary N) is 1. The van der Waals surface area contributed by atoms with Crippen LogP contribution in [0, 0.1) is 5.92 Å². The van der Waals surface area contributed by atoms with E-state index >= 15 is 0 Å². The van der Waals surface area contributed by atoms with Gasteiger partial charge in [0.15, 0.2) is 0 Å². The molecule has 1 aliphatic rings. The van der Waals surface area contributed by atoms with Crippen LogP contribution in [0.25, 0.3) is 0 Å². The van der Waals surface area contributed by atoms with E-state index in [4.69, 9.17) is 0 Å². The molecule has 1 heterocycles. The summed E-state index contributed by atoms with van der Waals surface area (Å²) < 4.78 is 27.3. The molecule has 0 saturated heterocycles. The summed E-state index contributed by atoms with van der Waals surface area (Å²) in [6, 6.07) is 1.97. The second-order valence-electron chi connectivity index (χ2n) is 4.24. The zero-order valence-electron chi connectivity index (χ0n) is 9.55. The summed E-state index contributed by atoms with van der Waals surface area (Å²) in [7, 11) is -3.21. The normalized spacial score (nSPS) is 18.4. The van der Waals surface area contributed by atoms with Crippen LogP contribution in [0.4, 0.5) is 5.82 Å². The Morgan fingerprint density at radius 2 is 2.31 bits per heavy atom. The number of sulfonamides is 1. The minimum atomic E-state index is -3.21. The predicted molar refractivity (Wildman–Crippen MR) is 62.7 cm³/mol. The summed E-state index contributed by atoms with van der Waals surface area (Å²) in [6.45, 7) is 3.70. The lowest BCUT2D eigenvalue weighted by molar-refractivity contribution is 0.446. The number of aromatic nitrogens is 2. The van der Waals surface area contributed by atoms with Crippen LogP contribution in [0.15, 0.2) is 12.3 Å². The van der Waals surface area contributed by atoms with Crippen LogP contribution in [-0.2, 0) is 10.0 Å². The minimum Gasteiger partial charge on any atom is -0.268 e. The Labute approximate surface area is 95.9 Å². The van der Waals surface area contributed by atoms with Crippen molar-refractivity contribution < 1.29 is 8.42 Å². The third-order valence-corrected chi connectivity index (χ3v) is 4.28. The van der Waals surface area contributed by atoms with Crippen molar-refractivity contribution in [2.45, 2.75) is 32.7 Å². The van der Waals surface area contributed by atoms with Gasteiger partial charge in [0.2, 0.25) is 10.0 Å². The average Bonchev–Trinajstić information content (AvgIpc) is 2.99. The quantitative estimate of drug-likeness (QED) is 0.854. The average molecular weight is 243 g/mol. The smallest absolute Gasteiger partial charge is 0.233 e. The molecular weight excluding hydrogens is 226 g/mol. The van der Waals surface area contributed by atoms with Crippen molar-refractivity contribution in [2.24, 2.45) is 5.92 Å². The van der Waals surface area contributed by atoms with Crippen molar-refractivity contribution in [3.8, 4) is 0 Å². The maximum atomic E-state index is 11.5. The molecule has 1 aromatic heterocycles. The lowest BCUT2D eigenvalue weighted by atomic mass is 10.2. The highest BCUT2D eigenvalue weighted by Gasteiger charge is 2.30. The molecule has 1 aromatic rings. The molecule has 1 saturated carbocycles. The van der Waals surface area contributed by atoms with Crippen LogP contribution in [-0.4, -0.2) is 24.0 Å². The molecule has 5 nitrogen and oxygen atoms in total. The zero-order chi connectivity index (χ0) is 11.8. The van der Waals surface area contributed by atoms with Gasteiger partial charge in [-0.15, -0.1) is 0 Å². The second kappa shape index (κ2) is 4.08. The second-order valence-corrected chi connectivity index (χ2v) is 6.26. The van der Waals surface area contributed by atoms with Gasteiger partial charge in [0, 0.05) is 6.07 Å². The van der Waals surface area contributed by atoms with Crippen molar-refractivity contribution in [1.29, 1.82) is 0 Å². The molecule has 0 bridgehead atoms. The first-order chi connectivity index (χ1) is 7.53. The van der Waals surface area contributed by atoms with E-state index in [1.807, 2.05) is 0 Å². The minimum absolute atomic E-state index is 0.0794. The molecule has 16 heavy (non-hydrogen) atoms. The molecule has 6 heteroatoms. The molecule has 0 aliphatic heterocycles. The molecule has 0 amide bonds. The third kappa shape index (κ3) is 2.37. The predicted octanol–water partition coefficient (Wildman–Crippen LogP) is 1.62. The topological polar surface area (TPSA) is 64.0 Å². The lowest BCUT2D eigenvalue weighted by Gasteiger charge is -2.15. The van der Waals surface area contributed by atoms with Crippen LogP contribution in [0.5, 0.6) is 0 Å². The zero-order valence-corrected chi connectivity index (χ0v) is 10.4. The standard InChI is InChI=1S/C10H17N3O2S/c1-3-16(14,15)12-10-6-7-11-13(10)8(2)9-4-5-9/h6-9,12H,3-5H2,1-2H3/t8-/m0/s1. The van der Waals surface area contributed by atoms with E-state index in [1.54, 1.807) is 23.9 Å². The monoisotopic (exact) mass is 243 g/mol. The first-order valence-electron chi connectivity index (χ1n) is 5.57. The Morgan fingerprint density at radius 1 is 1.62 bits per heavy atom. The molecule has 90 valence electrons. The van der Waals surface area contributed by atoms with Crippen LogP contribution in [0.2, 0.25) is 0 Å². The van der Waals surface area contributed by atoms with E-state index < -0.39 is 10.0 Å². The highest BCUT2D eigenvalue weighted by molar-refractivity contribution is 7.92. The van der Waals surface area contributed by atoms with Gasteiger partial charge in [-0.05, 0) is 32.6 Å². The number of hydrogen-bond acceptors (Lipinski definition) is 3. The summed E-state index contributed by atoms with van der Waals surface area (Å²) in [5.74, 6) is 1.29. The molecule has 0 aromatic carbocycles. The van der Waals surface area contributed by atoms with Gasteiger partial charge in [-0.3, -0.25) is 4.72 Å². The number of hydrogen-bond donors (Lipinski definition) is 1. The van der Waals surface area contributed by atoms with Gasteiger partial charge in [0.25, 0.3) is 0 Å². The maximum Gasteiger partial charge on any atom is 0.233 e. The summed E-state index contributed by atoms with van der Waals surface area (Å²) >= 11 is 0. The molecule has 1 atom stereocenters. The van der Waals surface area contributed by atoms with E-state index in [9.17, 15) is 8.42 Å². The first-order valence-corrected chi connectivity index (χ1v) is 7.22. The van der Waals surface area contributed by atoms with E-state index in [0.717, 1.165) is 0 Å². The maximum absolute atomic E-state index is 11.5. The lowest BCUT2D eigenvalue weighted by Crippen LogP contribution is -2.19. The highest BCUT2D eigenvalue weighted by Crippen LogP contribution is 2.40. The molecule has 1 aliphatic carbocycles. The van der Waals surface area contributed by atoms with E-state index in [2.05, 4.69) is 16.7 Å².